The van der Waals surface area contributed by atoms with E-state index in [1.54, 1.807) is 16.8 Å². The number of nitrogens with one attached hydrogen (secondary N) is 1. The third-order valence-electron chi connectivity index (χ3n) is 5.17. The second-order valence-corrected chi connectivity index (χ2v) is 8.74. The second-order valence-electron chi connectivity index (χ2n) is 7.37. The molecule has 0 aliphatic heterocycles. The van der Waals surface area contributed by atoms with Gasteiger partial charge in [-0.1, -0.05) is 78.0 Å². The van der Waals surface area contributed by atoms with Crippen molar-refractivity contribution in [3.05, 3.63) is 107 Å². The van der Waals surface area contributed by atoms with Gasteiger partial charge < -0.3 is 9.73 Å². The molecule has 0 saturated carbocycles. The molecular weight excluding hydrogens is 468 g/mol. The molecule has 0 bridgehead atoms. The number of anilines is 1. The van der Waals surface area contributed by atoms with Gasteiger partial charge in [-0.3, -0.25) is 4.79 Å². The normalized spacial score (nSPS) is 10.8. The van der Waals surface area contributed by atoms with Gasteiger partial charge in [-0.05, 0) is 35.9 Å². The number of amides is 1. The lowest BCUT2D eigenvalue weighted by Crippen LogP contribution is -2.15. The van der Waals surface area contributed by atoms with Crippen molar-refractivity contribution < 1.29 is 9.21 Å². The number of nitrogens with zero attached hydrogens (tertiary/aromatic N) is 3. The van der Waals surface area contributed by atoms with E-state index in [1.165, 1.54) is 11.8 Å². The van der Waals surface area contributed by atoms with E-state index in [2.05, 4.69) is 16.5 Å². The van der Waals surface area contributed by atoms with Crippen LogP contribution in [0.1, 0.15) is 21.7 Å². The SMILES string of the molecule is N#Cc1c(SCc2ccccc2Cl)nn(-c2ccccc2)c1NC(=O)c1cc2ccccc2o1. The lowest BCUT2D eigenvalue weighted by molar-refractivity contribution is 0.0998. The molecule has 0 atom stereocenters. The van der Waals surface area contributed by atoms with E-state index in [9.17, 15) is 10.1 Å². The highest BCUT2D eigenvalue weighted by atomic mass is 35.5. The molecule has 6 nitrogen and oxygen atoms in total. The molecule has 0 spiro atoms. The summed E-state index contributed by atoms with van der Waals surface area (Å²) >= 11 is 7.68. The number of fused-ring (bicyclic) bond motifs is 1. The predicted molar refractivity (Wildman–Crippen MR) is 133 cm³/mol. The molecule has 0 unspecified atom stereocenters. The van der Waals surface area contributed by atoms with Gasteiger partial charge in [-0.15, -0.1) is 0 Å². The van der Waals surface area contributed by atoms with Gasteiger partial charge in [0.2, 0.25) is 0 Å². The van der Waals surface area contributed by atoms with Crippen LogP contribution in [0.4, 0.5) is 5.82 Å². The first-order valence-electron chi connectivity index (χ1n) is 10.4. The first-order valence-corrected chi connectivity index (χ1v) is 11.7. The van der Waals surface area contributed by atoms with Gasteiger partial charge in [-0.2, -0.15) is 10.4 Å². The van der Waals surface area contributed by atoms with Crippen molar-refractivity contribution in [2.45, 2.75) is 10.8 Å². The first-order chi connectivity index (χ1) is 16.6. The Labute approximate surface area is 204 Å². The maximum absolute atomic E-state index is 13.1. The lowest BCUT2D eigenvalue weighted by Gasteiger charge is -2.08. The fourth-order valence-electron chi connectivity index (χ4n) is 3.50. The summed E-state index contributed by atoms with van der Waals surface area (Å²) < 4.78 is 7.27. The number of halogens is 1. The summed E-state index contributed by atoms with van der Waals surface area (Å²) in [6.45, 7) is 0. The summed E-state index contributed by atoms with van der Waals surface area (Å²) in [6, 6.07) is 28.1. The van der Waals surface area contributed by atoms with Crippen molar-refractivity contribution in [1.82, 2.24) is 9.78 Å². The summed E-state index contributed by atoms with van der Waals surface area (Å²) in [6.07, 6.45) is 0. The molecule has 3 aromatic carbocycles. The molecule has 2 heterocycles. The molecular formula is C26H17ClN4O2S. The van der Waals surface area contributed by atoms with Crippen molar-refractivity contribution in [1.29, 1.82) is 5.26 Å². The molecule has 0 aliphatic rings. The van der Waals surface area contributed by atoms with Crippen LogP contribution in [0, 0.1) is 11.3 Å². The zero-order valence-corrected chi connectivity index (χ0v) is 19.3. The minimum atomic E-state index is -0.465. The van der Waals surface area contributed by atoms with Crippen molar-refractivity contribution in [2.75, 3.05) is 5.32 Å². The van der Waals surface area contributed by atoms with Gasteiger partial charge in [0, 0.05) is 16.2 Å². The third-order valence-corrected chi connectivity index (χ3v) is 6.55. The standard InChI is InChI=1S/C26H17ClN4O2S/c27-21-12-6-4-9-18(21)16-34-26-20(15-28)24(31(30-26)19-10-2-1-3-11-19)29-25(32)23-14-17-8-5-7-13-22(17)33-23/h1-14H,16H2,(H,29,32). The van der Waals surface area contributed by atoms with E-state index in [0.717, 1.165) is 10.9 Å². The number of nitriles is 1. The Morgan fingerprint density at radius 3 is 2.56 bits per heavy atom. The summed E-state index contributed by atoms with van der Waals surface area (Å²) in [4.78, 5) is 13.1. The molecule has 5 rings (SSSR count). The van der Waals surface area contributed by atoms with Crippen LogP contribution in [0.25, 0.3) is 16.7 Å². The average Bonchev–Trinajstić information content (AvgIpc) is 3.45. The van der Waals surface area contributed by atoms with Gasteiger partial charge in [-0.25, -0.2) is 4.68 Å². The van der Waals surface area contributed by atoms with Crippen molar-refractivity contribution in [3.63, 3.8) is 0 Å². The Morgan fingerprint density at radius 2 is 1.79 bits per heavy atom. The number of hydrogen-bond donors (Lipinski definition) is 1. The third kappa shape index (κ3) is 4.29. The molecule has 5 aromatic rings. The summed E-state index contributed by atoms with van der Waals surface area (Å²) in [5.41, 5.74) is 2.52. The predicted octanol–water partition coefficient (Wildman–Crippen LogP) is 6.69. The quantitative estimate of drug-likeness (QED) is 0.271. The molecule has 0 aliphatic carbocycles. The van der Waals surface area contributed by atoms with Crippen LogP contribution < -0.4 is 5.32 Å². The Morgan fingerprint density at radius 1 is 1.06 bits per heavy atom. The Hall–Kier alpha value is -3.99. The monoisotopic (exact) mass is 484 g/mol. The van der Waals surface area contributed by atoms with Crippen LogP contribution in [0.2, 0.25) is 5.02 Å². The Kier molecular flexibility index (Phi) is 6.09. The van der Waals surface area contributed by atoms with Gasteiger partial charge in [0.25, 0.3) is 5.91 Å². The number of benzene rings is 3. The second kappa shape index (κ2) is 9.48. The maximum Gasteiger partial charge on any atom is 0.292 e. The zero-order chi connectivity index (χ0) is 23.5. The molecule has 34 heavy (non-hydrogen) atoms. The van der Waals surface area contributed by atoms with E-state index < -0.39 is 5.91 Å². The van der Waals surface area contributed by atoms with E-state index in [0.29, 0.717) is 27.1 Å². The molecule has 8 heteroatoms. The van der Waals surface area contributed by atoms with Crippen molar-refractivity contribution >= 4 is 46.1 Å². The largest absolute Gasteiger partial charge is 0.451 e. The molecule has 0 saturated heterocycles. The number of rotatable bonds is 6. The van der Waals surface area contributed by atoms with Gasteiger partial charge in [0.1, 0.15) is 22.2 Å². The van der Waals surface area contributed by atoms with E-state index in [-0.39, 0.29) is 17.1 Å². The number of carbonyl (C=O) groups is 1. The van der Waals surface area contributed by atoms with E-state index >= 15 is 0 Å². The number of carbonyl (C=O) groups excluding carboxylic acids is 1. The van der Waals surface area contributed by atoms with Crippen LogP contribution in [0.15, 0.2) is 94.4 Å². The van der Waals surface area contributed by atoms with Crippen molar-refractivity contribution in [2.24, 2.45) is 0 Å². The lowest BCUT2D eigenvalue weighted by atomic mass is 10.2. The van der Waals surface area contributed by atoms with Crippen molar-refractivity contribution in [3.8, 4) is 11.8 Å². The zero-order valence-electron chi connectivity index (χ0n) is 17.7. The minimum absolute atomic E-state index is 0.149. The number of para-hydroxylation sites is 2. The van der Waals surface area contributed by atoms with Crippen LogP contribution >= 0.6 is 23.4 Å². The highest BCUT2D eigenvalue weighted by Gasteiger charge is 2.23. The molecule has 0 fully saturated rings. The van der Waals surface area contributed by atoms with Gasteiger partial charge in [0.15, 0.2) is 11.6 Å². The number of furan rings is 1. The highest BCUT2D eigenvalue weighted by Crippen LogP contribution is 2.33. The molecule has 0 radical (unpaired) electrons. The number of thioether (sulfide) groups is 1. The average molecular weight is 485 g/mol. The van der Waals surface area contributed by atoms with Gasteiger partial charge in [0.05, 0.1) is 5.69 Å². The fraction of sp³-hybridized carbons (Fsp3) is 0.0385. The van der Waals surface area contributed by atoms with E-state index in [4.69, 9.17) is 16.0 Å². The molecule has 166 valence electrons. The highest BCUT2D eigenvalue weighted by molar-refractivity contribution is 7.98. The molecule has 1 amide bonds. The Balaban J connectivity index is 1.52. The summed E-state index contributed by atoms with van der Waals surface area (Å²) in [5, 5.41) is 19.4. The smallest absolute Gasteiger partial charge is 0.292 e. The number of hydrogen-bond acceptors (Lipinski definition) is 5. The fourth-order valence-corrected chi connectivity index (χ4v) is 4.75. The van der Waals surface area contributed by atoms with Gasteiger partial charge >= 0.3 is 0 Å². The Bertz CT molecular complexity index is 1500. The van der Waals surface area contributed by atoms with Crippen LogP contribution in [0.3, 0.4) is 0 Å². The van der Waals surface area contributed by atoms with Crippen LogP contribution in [0.5, 0.6) is 0 Å². The van der Waals surface area contributed by atoms with Crippen LogP contribution in [-0.2, 0) is 5.75 Å². The topological polar surface area (TPSA) is 83.9 Å². The summed E-state index contributed by atoms with van der Waals surface area (Å²) in [5.74, 6) is 0.487. The first kappa shape index (κ1) is 21.8. The molecule has 1 N–H and O–H groups in total. The minimum Gasteiger partial charge on any atom is -0.451 e. The van der Waals surface area contributed by atoms with E-state index in [1.807, 2.05) is 72.8 Å². The molecule has 2 aromatic heterocycles. The maximum atomic E-state index is 13.1. The summed E-state index contributed by atoms with van der Waals surface area (Å²) in [7, 11) is 0. The number of aromatic nitrogens is 2. The van der Waals surface area contributed by atoms with Crippen LogP contribution in [-0.4, -0.2) is 15.7 Å².